The molecule has 1 aliphatic carbocycles. The smallest absolute Gasteiger partial charge is 0.0441 e. The van der Waals surface area contributed by atoms with Crippen LogP contribution in [0.3, 0.4) is 0 Å². The maximum absolute atomic E-state index is 6.37. The van der Waals surface area contributed by atoms with E-state index in [0.717, 1.165) is 23.3 Å². The summed E-state index contributed by atoms with van der Waals surface area (Å²) in [6, 6.07) is 7.00. The number of benzene rings is 1. The van der Waals surface area contributed by atoms with Crippen molar-refractivity contribution < 1.29 is 0 Å². The molecule has 0 saturated heterocycles. The third kappa shape index (κ3) is 3.73. The van der Waals surface area contributed by atoms with Gasteiger partial charge in [-0.3, -0.25) is 0 Å². The van der Waals surface area contributed by atoms with Gasteiger partial charge in [-0.2, -0.15) is 0 Å². The van der Waals surface area contributed by atoms with Crippen LogP contribution in [0.15, 0.2) is 18.2 Å². The molecule has 2 heteroatoms. The zero-order chi connectivity index (χ0) is 13.8. The van der Waals surface area contributed by atoms with E-state index in [2.05, 4.69) is 44.4 Å². The van der Waals surface area contributed by atoms with Gasteiger partial charge in [0.1, 0.15) is 0 Å². The summed E-state index contributed by atoms with van der Waals surface area (Å²) < 4.78 is 0. The second kappa shape index (κ2) is 6.76. The number of nitrogens with one attached hydrogen (secondary N) is 1. The van der Waals surface area contributed by atoms with Crippen molar-refractivity contribution in [2.75, 3.05) is 7.05 Å². The first-order valence-corrected chi connectivity index (χ1v) is 7.94. The van der Waals surface area contributed by atoms with Crippen molar-refractivity contribution >= 4 is 11.6 Å². The topological polar surface area (TPSA) is 12.0 Å². The summed E-state index contributed by atoms with van der Waals surface area (Å²) in [5.74, 6) is 1.75. The van der Waals surface area contributed by atoms with E-state index in [9.17, 15) is 0 Å². The second-order valence-corrected chi connectivity index (χ2v) is 6.45. The standard InChI is InChI=1S/C17H26ClN/c1-4-13-6-8-15(10-13)17(19-3)11-14-7-5-12(2)9-16(14)18/h5,7,9,13,15,17,19H,4,6,8,10-11H2,1-3H3. The molecule has 1 nitrogen and oxygen atoms in total. The fourth-order valence-corrected chi connectivity index (χ4v) is 3.72. The van der Waals surface area contributed by atoms with Crippen molar-refractivity contribution in [3.63, 3.8) is 0 Å². The van der Waals surface area contributed by atoms with Crippen LogP contribution in [0.2, 0.25) is 5.02 Å². The van der Waals surface area contributed by atoms with Gasteiger partial charge in [-0.05, 0) is 62.3 Å². The molecule has 1 aromatic carbocycles. The van der Waals surface area contributed by atoms with E-state index in [0.29, 0.717) is 6.04 Å². The highest BCUT2D eigenvalue weighted by Gasteiger charge is 2.29. The average molecular weight is 280 g/mol. The molecule has 0 bridgehead atoms. The van der Waals surface area contributed by atoms with Gasteiger partial charge in [0.25, 0.3) is 0 Å². The van der Waals surface area contributed by atoms with E-state index >= 15 is 0 Å². The Kier molecular flexibility index (Phi) is 5.29. The van der Waals surface area contributed by atoms with Crippen LogP contribution in [0, 0.1) is 18.8 Å². The van der Waals surface area contributed by atoms with Crippen molar-refractivity contribution in [2.24, 2.45) is 11.8 Å². The summed E-state index contributed by atoms with van der Waals surface area (Å²) in [6.45, 7) is 4.41. The molecule has 1 N–H and O–H groups in total. The second-order valence-electron chi connectivity index (χ2n) is 6.04. The number of hydrogen-bond donors (Lipinski definition) is 1. The van der Waals surface area contributed by atoms with Gasteiger partial charge < -0.3 is 5.32 Å². The Morgan fingerprint density at radius 1 is 1.37 bits per heavy atom. The Bertz CT molecular complexity index is 416. The summed E-state index contributed by atoms with van der Waals surface area (Å²) in [7, 11) is 2.09. The highest BCUT2D eigenvalue weighted by atomic mass is 35.5. The predicted octanol–water partition coefficient (Wildman–Crippen LogP) is 4.61. The molecule has 1 aliphatic rings. The minimum absolute atomic E-state index is 0.566. The van der Waals surface area contributed by atoms with Gasteiger partial charge in [-0.25, -0.2) is 0 Å². The molecule has 1 fully saturated rings. The Morgan fingerprint density at radius 3 is 2.74 bits per heavy atom. The zero-order valence-electron chi connectivity index (χ0n) is 12.4. The average Bonchev–Trinajstić information content (AvgIpc) is 2.86. The Morgan fingerprint density at radius 2 is 2.16 bits per heavy atom. The van der Waals surface area contributed by atoms with Crippen LogP contribution in [0.25, 0.3) is 0 Å². The van der Waals surface area contributed by atoms with E-state index in [4.69, 9.17) is 11.6 Å². The Balaban J connectivity index is 2.03. The molecule has 3 unspecified atom stereocenters. The lowest BCUT2D eigenvalue weighted by Gasteiger charge is -2.24. The first kappa shape index (κ1) is 14.9. The minimum atomic E-state index is 0.566. The van der Waals surface area contributed by atoms with Crippen LogP contribution in [-0.4, -0.2) is 13.1 Å². The van der Waals surface area contributed by atoms with Crippen molar-refractivity contribution in [2.45, 2.75) is 52.0 Å². The molecule has 0 radical (unpaired) electrons. The number of rotatable bonds is 5. The van der Waals surface area contributed by atoms with Crippen LogP contribution in [0.4, 0.5) is 0 Å². The van der Waals surface area contributed by atoms with E-state index < -0.39 is 0 Å². The molecule has 3 atom stereocenters. The molecule has 2 rings (SSSR count). The number of hydrogen-bond acceptors (Lipinski definition) is 1. The number of halogens is 1. The van der Waals surface area contributed by atoms with Crippen LogP contribution in [0.1, 0.15) is 43.7 Å². The molecule has 0 spiro atoms. The third-order valence-corrected chi connectivity index (χ3v) is 5.10. The van der Waals surface area contributed by atoms with E-state index in [1.54, 1.807) is 0 Å². The van der Waals surface area contributed by atoms with Gasteiger partial charge in [0.15, 0.2) is 0 Å². The lowest BCUT2D eigenvalue weighted by Crippen LogP contribution is -2.34. The zero-order valence-corrected chi connectivity index (χ0v) is 13.1. The van der Waals surface area contributed by atoms with Gasteiger partial charge in [-0.1, -0.05) is 43.5 Å². The lowest BCUT2D eigenvalue weighted by atomic mass is 9.91. The van der Waals surface area contributed by atoms with Crippen molar-refractivity contribution in [1.29, 1.82) is 0 Å². The summed E-state index contributed by atoms with van der Waals surface area (Å²) in [6.07, 6.45) is 6.54. The molecule has 106 valence electrons. The maximum Gasteiger partial charge on any atom is 0.0441 e. The van der Waals surface area contributed by atoms with Gasteiger partial charge in [0.2, 0.25) is 0 Å². The largest absolute Gasteiger partial charge is 0.316 e. The Hall–Kier alpha value is -0.530. The van der Waals surface area contributed by atoms with Gasteiger partial charge >= 0.3 is 0 Å². The van der Waals surface area contributed by atoms with Crippen molar-refractivity contribution in [3.05, 3.63) is 34.3 Å². The molecule has 0 amide bonds. The fourth-order valence-electron chi connectivity index (χ4n) is 3.41. The summed E-state index contributed by atoms with van der Waals surface area (Å²) in [5.41, 5.74) is 2.52. The highest BCUT2D eigenvalue weighted by Crippen LogP contribution is 2.36. The van der Waals surface area contributed by atoms with Crippen LogP contribution < -0.4 is 5.32 Å². The van der Waals surface area contributed by atoms with E-state index in [1.807, 2.05) is 0 Å². The molecular formula is C17H26ClN. The van der Waals surface area contributed by atoms with Crippen LogP contribution in [-0.2, 0) is 6.42 Å². The van der Waals surface area contributed by atoms with Crippen LogP contribution in [0.5, 0.6) is 0 Å². The SMILES string of the molecule is CCC1CCC(C(Cc2ccc(C)cc2Cl)NC)C1. The molecular weight excluding hydrogens is 254 g/mol. The molecule has 1 aromatic rings. The quantitative estimate of drug-likeness (QED) is 0.830. The van der Waals surface area contributed by atoms with Crippen LogP contribution >= 0.6 is 11.6 Å². The van der Waals surface area contributed by atoms with Gasteiger partial charge in [0, 0.05) is 11.1 Å². The normalized spacial score (nSPS) is 24.6. The fraction of sp³-hybridized carbons (Fsp3) is 0.647. The Labute approximate surface area is 122 Å². The summed E-state index contributed by atoms with van der Waals surface area (Å²) >= 11 is 6.37. The molecule has 0 aromatic heterocycles. The monoisotopic (exact) mass is 279 g/mol. The van der Waals surface area contributed by atoms with Crippen molar-refractivity contribution in [3.8, 4) is 0 Å². The molecule has 19 heavy (non-hydrogen) atoms. The number of likely N-dealkylation sites (N-methyl/N-ethyl adjacent to an activating group) is 1. The predicted molar refractivity (Wildman–Crippen MR) is 83.9 cm³/mol. The molecule has 0 aliphatic heterocycles. The summed E-state index contributed by atoms with van der Waals surface area (Å²) in [5, 5.41) is 4.44. The van der Waals surface area contributed by atoms with Crippen molar-refractivity contribution in [1.82, 2.24) is 5.32 Å². The summed E-state index contributed by atoms with van der Waals surface area (Å²) in [4.78, 5) is 0. The third-order valence-electron chi connectivity index (χ3n) is 4.75. The van der Waals surface area contributed by atoms with E-state index in [1.165, 1.54) is 36.8 Å². The minimum Gasteiger partial charge on any atom is -0.316 e. The lowest BCUT2D eigenvalue weighted by molar-refractivity contribution is 0.361. The number of aryl methyl sites for hydroxylation is 1. The van der Waals surface area contributed by atoms with Gasteiger partial charge in [0.05, 0.1) is 0 Å². The first-order chi connectivity index (χ1) is 9.13. The van der Waals surface area contributed by atoms with E-state index in [-0.39, 0.29) is 0 Å². The van der Waals surface area contributed by atoms with Gasteiger partial charge in [-0.15, -0.1) is 0 Å². The molecule has 0 heterocycles. The highest BCUT2D eigenvalue weighted by molar-refractivity contribution is 6.31. The first-order valence-electron chi connectivity index (χ1n) is 7.56. The maximum atomic E-state index is 6.37. The molecule has 1 saturated carbocycles.